The molecule has 0 bridgehead atoms. The molecule has 0 atom stereocenters. The number of hydrogen-bond donors (Lipinski definition) is 0. The van der Waals surface area contributed by atoms with Gasteiger partial charge in [-0.05, 0) is 29.8 Å². The summed E-state index contributed by atoms with van der Waals surface area (Å²) in [7, 11) is 0. The summed E-state index contributed by atoms with van der Waals surface area (Å²) in [5.74, 6) is 0.143. The SMILES string of the molecule is N#Cc1cc(COc2cccc3cccnc23)ccc1F. The maximum atomic E-state index is 13.3. The Labute approximate surface area is 121 Å². The predicted octanol–water partition coefficient (Wildman–Crippen LogP) is 3.82. The lowest BCUT2D eigenvalue weighted by Gasteiger charge is -2.09. The number of nitriles is 1. The minimum absolute atomic E-state index is 0.0205. The van der Waals surface area contributed by atoms with E-state index in [4.69, 9.17) is 10.00 Å². The quantitative estimate of drug-likeness (QED) is 0.731. The molecule has 0 amide bonds. The van der Waals surface area contributed by atoms with Crippen LogP contribution >= 0.6 is 0 Å². The van der Waals surface area contributed by atoms with Crippen LogP contribution in [0.2, 0.25) is 0 Å². The summed E-state index contributed by atoms with van der Waals surface area (Å²) in [4.78, 5) is 4.30. The summed E-state index contributed by atoms with van der Waals surface area (Å²) in [5.41, 5.74) is 1.54. The van der Waals surface area contributed by atoms with Gasteiger partial charge in [-0.2, -0.15) is 5.26 Å². The minimum atomic E-state index is -0.520. The van der Waals surface area contributed by atoms with Crippen molar-refractivity contribution in [2.24, 2.45) is 0 Å². The Morgan fingerprint density at radius 2 is 2.00 bits per heavy atom. The molecule has 1 aromatic heterocycles. The van der Waals surface area contributed by atoms with Crippen molar-refractivity contribution in [1.29, 1.82) is 5.26 Å². The van der Waals surface area contributed by atoms with Crippen LogP contribution in [-0.4, -0.2) is 4.98 Å². The number of fused-ring (bicyclic) bond motifs is 1. The van der Waals surface area contributed by atoms with Crippen LogP contribution in [0.15, 0.2) is 54.7 Å². The second-order valence-corrected chi connectivity index (χ2v) is 4.55. The van der Waals surface area contributed by atoms with Crippen LogP contribution in [0, 0.1) is 17.1 Å². The predicted molar refractivity (Wildman–Crippen MR) is 77.2 cm³/mol. The van der Waals surface area contributed by atoms with Crippen LogP contribution in [0.5, 0.6) is 5.75 Å². The third-order valence-electron chi connectivity index (χ3n) is 3.14. The summed E-state index contributed by atoms with van der Waals surface area (Å²) in [6, 6.07) is 15.7. The van der Waals surface area contributed by atoms with E-state index in [1.54, 1.807) is 12.3 Å². The first-order valence-electron chi connectivity index (χ1n) is 6.43. The van der Waals surface area contributed by atoms with Crippen LogP contribution in [0.4, 0.5) is 4.39 Å². The molecule has 0 unspecified atom stereocenters. The van der Waals surface area contributed by atoms with E-state index in [0.29, 0.717) is 5.75 Å². The molecule has 3 nitrogen and oxygen atoms in total. The van der Waals surface area contributed by atoms with E-state index in [2.05, 4.69) is 4.98 Å². The van der Waals surface area contributed by atoms with Crippen molar-refractivity contribution in [3.63, 3.8) is 0 Å². The van der Waals surface area contributed by atoms with Crippen LogP contribution in [0.1, 0.15) is 11.1 Å². The van der Waals surface area contributed by atoms with Gasteiger partial charge < -0.3 is 4.74 Å². The van der Waals surface area contributed by atoms with Gasteiger partial charge in [-0.1, -0.05) is 24.3 Å². The van der Waals surface area contributed by atoms with E-state index in [0.717, 1.165) is 16.5 Å². The Balaban J connectivity index is 1.86. The van der Waals surface area contributed by atoms with Crippen molar-refractivity contribution in [3.05, 3.63) is 71.7 Å². The third-order valence-corrected chi connectivity index (χ3v) is 3.14. The fourth-order valence-electron chi connectivity index (χ4n) is 2.10. The lowest BCUT2D eigenvalue weighted by Crippen LogP contribution is -1.98. The molecule has 0 saturated heterocycles. The highest BCUT2D eigenvalue weighted by molar-refractivity contribution is 5.84. The molecular formula is C17H11FN2O. The number of benzene rings is 2. The average molecular weight is 278 g/mol. The second-order valence-electron chi connectivity index (χ2n) is 4.55. The van der Waals surface area contributed by atoms with Crippen LogP contribution in [0.3, 0.4) is 0 Å². The number of rotatable bonds is 3. The summed E-state index contributed by atoms with van der Waals surface area (Å²) in [5, 5.41) is 9.82. The lowest BCUT2D eigenvalue weighted by molar-refractivity contribution is 0.309. The number of ether oxygens (including phenoxy) is 1. The van der Waals surface area contributed by atoms with Gasteiger partial charge in [0.25, 0.3) is 0 Å². The van der Waals surface area contributed by atoms with Gasteiger partial charge >= 0.3 is 0 Å². The van der Waals surface area contributed by atoms with Crippen LogP contribution in [0.25, 0.3) is 10.9 Å². The minimum Gasteiger partial charge on any atom is -0.487 e. The van der Waals surface area contributed by atoms with Gasteiger partial charge in [0.05, 0.1) is 5.56 Å². The number of aromatic nitrogens is 1. The fourth-order valence-corrected chi connectivity index (χ4v) is 2.10. The van der Waals surface area contributed by atoms with Gasteiger partial charge in [0.2, 0.25) is 0 Å². The molecule has 102 valence electrons. The first-order chi connectivity index (χ1) is 10.3. The Morgan fingerprint density at radius 1 is 1.14 bits per heavy atom. The Bertz CT molecular complexity index is 834. The molecule has 0 aliphatic carbocycles. The second kappa shape index (κ2) is 5.59. The Kier molecular flexibility index (Phi) is 3.48. The molecule has 0 aliphatic rings. The van der Waals surface area contributed by atoms with E-state index >= 15 is 0 Å². The normalized spacial score (nSPS) is 10.3. The molecule has 4 heteroatoms. The van der Waals surface area contributed by atoms with E-state index in [1.807, 2.05) is 36.4 Å². The van der Waals surface area contributed by atoms with Gasteiger partial charge in [0, 0.05) is 11.6 Å². The highest BCUT2D eigenvalue weighted by atomic mass is 19.1. The largest absolute Gasteiger partial charge is 0.487 e. The highest BCUT2D eigenvalue weighted by Crippen LogP contribution is 2.24. The van der Waals surface area contributed by atoms with E-state index in [-0.39, 0.29) is 12.2 Å². The zero-order chi connectivity index (χ0) is 14.7. The first kappa shape index (κ1) is 13.1. The number of nitrogens with zero attached hydrogens (tertiary/aromatic N) is 2. The highest BCUT2D eigenvalue weighted by Gasteiger charge is 2.06. The molecule has 2 aromatic carbocycles. The summed E-state index contributed by atoms with van der Waals surface area (Å²) in [6.07, 6.45) is 1.71. The monoisotopic (exact) mass is 278 g/mol. The number of para-hydroxylation sites is 1. The molecule has 1 heterocycles. The van der Waals surface area contributed by atoms with Gasteiger partial charge in [-0.25, -0.2) is 4.39 Å². The van der Waals surface area contributed by atoms with E-state index in [1.165, 1.54) is 12.1 Å². The van der Waals surface area contributed by atoms with Crippen LogP contribution < -0.4 is 4.74 Å². The zero-order valence-corrected chi connectivity index (χ0v) is 11.1. The summed E-state index contributed by atoms with van der Waals surface area (Å²) < 4.78 is 19.0. The molecule has 3 rings (SSSR count). The van der Waals surface area contributed by atoms with Gasteiger partial charge in [0.15, 0.2) is 0 Å². The first-order valence-corrected chi connectivity index (χ1v) is 6.43. The van der Waals surface area contributed by atoms with Crippen molar-refractivity contribution >= 4 is 10.9 Å². The van der Waals surface area contributed by atoms with Crippen molar-refractivity contribution in [1.82, 2.24) is 4.98 Å². The molecule has 0 aliphatic heterocycles. The van der Waals surface area contributed by atoms with Crippen molar-refractivity contribution < 1.29 is 9.13 Å². The Hall–Kier alpha value is -2.93. The van der Waals surface area contributed by atoms with E-state index in [9.17, 15) is 4.39 Å². The molecule has 0 saturated carbocycles. The zero-order valence-electron chi connectivity index (χ0n) is 11.1. The molecular weight excluding hydrogens is 267 g/mol. The maximum Gasteiger partial charge on any atom is 0.146 e. The standard InChI is InChI=1S/C17H11FN2O/c18-15-7-6-12(9-14(15)10-19)11-21-16-5-1-3-13-4-2-8-20-17(13)16/h1-9H,11H2. The molecule has 0 spiro atoms. The van der Waals surface area contributed by atoms with Gasteiger partial charge in [0.1, 0.15) is 29.8 Å². The molecule has 0 fully saturated rings. The smallest absolute Gasteiger partial charge is 0.146 e. The van der Waals surface area contributed by atoms with Crippen molar-refractivity contribution in [2.45, 2.75) is 6.61 Å². The maximum absolute atomic E-state index is 13.3. The van der Waals surface area contributed by atoms with Gasteiger partial charge in [-0.15, -0.1) is 0 Å². The molecule has 0 radical (unpaired) electrons. The Morgan fingerprint density at radius 3 is 2.86 bits per heavy atom. The number of pyridine rings is 1. The average Bonchev–Trinajstić information content (AvgIpc) is 2.54. The lowest BCUT2D eigenvalue weighted by atomic mass is 10.1. The van der Waals surface area contributed by atoms with Crippen LogP contribution in [-0.2, 0) is 6.61 Å². The third kappa shape index (κ3) is 2.67. The van der Waals surface area contributed by atoms with Crippen molar-refractivity contribution in [3.8, 4) is 11.8 Å². The molecule has 3 aromatic rings. The number of hydrogen-bond acceptors (Lipinski definition) is 3. The summed E-state index contributed by atoms with van der Waals surface area (Å²) >= 11 is 0. The fraction of sp³-hybridized carbons (Fsp3) is 0.0588. The summed E-state index contributed by atoms with van der Waals surface area (Å²) in [6.45, 7) is 0.255. The van der Waals surface area contributed by atoms with E-state index < -0.39 is 5.82 Å². The number of halogens is 1. The van der Waals surface area contributed by atoms with Crippen molar-refractivity contribution in [2.75, 3.05) is 0 Å². The topological polar surface area (TPSA) is 45.9 Å². The molecule has 21 heavy (non-hydrogen) atoms. The van der Waals surface area contributed by atoms with Gasteiger partial charge in [-0.3, -0.25) is 4.98 Å². The molecule has 0 N–H and O–H groups in total.